The molecule has 164 valence electrons. The Hall–Kier alpha value is -2.68. The van der Waals surface area contributed by atoms with Crippen molar-refractivity contribution in [1.82, 2.24) is 14.2 Å². The predicted molar refractivity (Wildman–Crippen MR) is 120 cm³/mol. The molecule has 1 aliphatic rings. The first-order valence-electron chi connectivity index (χ1n) is 10.3. The zero-order valence-electron chi connectivity index (χ0n) is 18.0. The Morgan fingerprint density at radius 2 is 1.74 bits per heavy atom. The van der Waals surface area contributed by atoms with Gasteiger partial charge in [-0.3, -0.25) is 9.69 Å². The Morgan fingerprint density at radius 3 is 2.45 bits per heavy atom. The number of carbonyl (C=O) groups excluding carboxylic acids is 1. The summed E-state index contributed by atoms with van der Waals surface area (Å²) in [5.41, 5.74) is 3.49. The van der Waals surface area contributed by atoms with E-state index in [0.29, 0.717) is 37.5 Å². The van der Waals surface area contributed by atoms with Gasteiger partial charge in [-0.05, 0) is 43.2 Å². The maximum absolute atomic E-state index is 13.2. The lowest BCUT2D eigenvalue weighted by molar-refractivity contribution is 0.0903. The first-order valence-corrected chi connectivity index (χ1v) is 11.7. The van der Waals surface area contributed by atoms with Gasteiger partial charge in [-0.2, -0.15) is 4.31 Å². The highest BCUT2D eigenvalue weighted by molar-refractivity contribution is 7.89. The van der Waals surface area contributed by atoms with Gasteiger partial charge in [0.05, 0.1) is 13.7 Å². The summed E-state index contributed by atoms with van der Waals surface area (Å²) in [6, 6.07) is 11.2. The summed E-state index contributed by atoms with van der Waals surface area (Å²) in [5, 5.41) is 0.913. The smallest absolute Gasteiger partial charge is 0.246 e. The number of ketones is 1. The standard InChI is InChI=1S/C23H27N3O4S/c1-16-12-22(30-3)23(13-17(16)2)31(28,29)26-10-8-25(9-11-26)15-21(27)19-14-24-20-7-5-4-6-18(19)20/h4-7,12-14,24H,8-11,15H2,1-3H3. The van der Waals surface area contributed by atoms with Crippen LogP contribution in [-0.4, -0.2) is 68.2 Å². The number of aromatic nitrogens is 1. The van der Waals surface area contributed by atoms with Crippen molar-refractivity contribution < 1.29 is 17.9 Å². The van der Waals surface area contributed by atoms with Crippen LogP contribution >= 0.6 is 0 Å². The van der Waals surface area contributed by atoms with Crippen LogP contribution in [0.3, 0.4) is 0 Å². The average Bonchev–Trinajstić information content (AvgIpc) is 3.20. The van der Waals surface area contributed by atoms with Crippen LogP contribution in [0.15, 0.2) is 47.5 Å². The summed E-state index contributed by atoms with van der Waals surface area (Å²) in [5.74, 6) is 0.393. The first kappa shape index (κ1) is 21.5. The van der Waals surface area contributed by atoms with Crippen LogP contribution in [0.2, 0.25) is 0 Å². The number of fused-ring (bicyclic) bond motifs is 1. The van der Waals surface area contributed by atoms with Crippen LogP contribution in [0, 0.1) is 13.8 Å². The Bertz CT molecular complexity index is 1220. The van der Waals surface area contributed by atoms with Gasteiger partial charge in [-0.25, -0.2) is 8.42 Å². The predicted octanol–water partition coefficient (Wildman–Crippen LogP) is 2.98. The number of H-pyrrole nitrogens is 1. The molecule has 3 aromatic rings. The molecule has 0 bridgehead atoms. The van der Waals surface area contributed by atoms with Gasteiger partial charge in [0.25, 0.3) is 0 Å². The van der Waals surface area contributed by atoms with Crippen molar-refractivity contribution in [2.75, 3.05) is 39.8 Å². The van der Waals surface area contributed by atoms with Crippen molar-refractivity contribution >= 4 is 26.7 Å². The van der Waals surface area contributed by atoms with E-state index in [0.717, 1.165) is 22.0 Å². The van der Waals surface area contributed by atoms with Crippen LogP contribution in [-0.2, 0) is 10.0 Å². The van der Waals surface area contributed by atoms with E-state index >= 15 is 0 Å². The summed E-state index contributed by atoms with van der Waals surface area (Å²) in [7, 11) is -2.19. The van der Waals surface area contributed by atoms with E-state index in [2.05, 4.69) is 4.98 Å². The number of benzene rings is 2. The Balaban J connectivity index is 1.45. The zero-order chi connectivity index (χ0) is 22.2. The van der Waals surface area contributed by atoms with Crippen molar-refractivity contribution in [1.29, 1.82) is 0 Å². The lowest BCUT2D eigenvalue weighted by Crippen LogP contribution is -2.49. The van der Waals surface area contributed by atoms with Crippen LogP contribution < -0.4 is 4.74 Å². The van der Waals surface area contributed by atoms with E-state index in [9.17, 15) is 13.2 Å². The van der Waals surface area contributed by atoms with E-state index in [1.165, 1.54) is 11.4 Å². The number of aromatic amines is 1. The molecule has 0 unspecified atom stereocenters. The van der Waals surface area contributed by atoms with Gasteiger partial charge in [0, 0.05) is 48.8 Å². The Kier molecular flexibility index (Phi) is 5.88. The van der Waals surface area contributed by atoms with Gasteiger partial charge in [0.15, 0.2) is 5.78 Å². The van der Waals surface area contributed by atoms with Gasteiger partial charge < -0.3 is 9.72 Å². The van der Waals surface area contributed by atoms with Crippen molar-refractivity contribution in [3.63, 3.8) is 0 Å². The molecule has 4 rings (SSSR count). The molecule has 2 heterocycles. The molecular formula is C23H27N3O4S. The number of methoxy groups -OCH3 is 1. The third kappa shape index (κ3) is 4.11. The van der Waals surface area contributed by atoms with Crippen molar-refractivity contribution in [2.24, 2.45) is 0 Å². The number of nitrogens with one attached hydrogen (secondary N) is 1. The molecule has 1 fully saturated rings. The number of aryl methyl sites for hydroxylation is 2. The number of rotatable bonds is 6. The fourth-order valence-corrected chi connectivity index (χ4v) is 5.63. The fourth-order valence-electron chi connectivity index (χ4n) is 3.98. The molecule has 1 N–H and O–H groups in total. The molecule has 0 amide bonds. The third-order valence-corrected chi connectivity index (χ3v) is 7.91. The maximum Gasteiger partial charge on any atom is 0.246 e. The maximum atomic E-state index is 13.2. The quantitative estimate of drug-likeness (QED) is 0.595. The summed E-state index contributed by atoms with van der Waals surface area (Å²) in [6.45, 7) is 5.75. The first-order chi connectivity index (χ1) is 14.8. The minimum atomic E-state index is -3.68. The molecule has 31 heavy (non-hydrogen) atoms. The van der Waals surface area contributed by atoms with Gasteiger partial charge in [-0.15, -0.1) is 0 Å². The lowest BCUT2D eigenvalue weighted by atomic mass is 10.1. The molecule has 0 atom stereocenters. The molecule has 2 aromatic carbocycles. The summed E-state index contributed by atoms with van der Waals surface area (Å²) in [6.07, 6.45) is 1.75. The fraction of sp³-hybridized carbons (Fsp3) is 0.348. The Morgan fingerprint density at radius 1 is 1.06 bits per heavy atom. The number of sulfonamides is 1. The SMILES string of the molecule is COc1cc(C)c(C)cc1S(=O)(=O)N1CCN(CC(=O)c2c[nH]c3ccccc23)CC1. The normalized spacial score (nSPS) is 16.0. The van der Waals surface area contributed by atoms with E-state index in [1.807, 2.05) is 43.0 Å². The number of hydrogen-bond donors (Lipinski definition) is 1. The largest absolute Gasteiger partial charge is 0.495 e. The minimum Gasteiger partial charge on any atom is -0.495 e. The monoisotopic (exact) mass is 441 g/mol. The average molecular weight is 442 g/mol. The third-order valence-electron chi connectivity index (χ3n) is 5.99. The van der Waals surface area contributed by atoms with Crippen molar-refractivity contribution in [3.05, 3.63) is 59.3 Å². The number of para-hydroxylation sites is 1. The molecular weight excluding hydrogens is 414 g/mol. The second-order valence-electron chi connectivity index (χ2n) is 7.94. The Labute approximate surface area is 182 Å². The highest BCUT2D eigenvalue weighted by Crippen LogP contribution is 2.30. The van der Waals surface area contributed by atoms with Gasteiger partial charge in [-0.1, -0.05) is 18.2 Å². The van der Waals surface area contributed by atoms with Crippen LogP contribution in [0.25, 0.3) is 10.9 Å². The van der Waals surface area contributed by atoms with E-state index in [4.69, 9.17) is 4.74 Å². The number of piperazine rings is 1. The van der Waals surface area contributed by atoms with Crippen LogP contribution in [0.4, 0.5) is 0 Å². The summed E-state index contributed by atoms with van der Waals surface area (Å²) in [4.78, 5) is 18.2. The molecule has 1 aliphatic heterocycles. The van der Waals surface area contributed by atoms with Crippen molar-refractivity contribution in [3.8, 4) is 5.75 Å². The molecule has 1 aromatic heterocycles. The number of ether oxygens (including phenoxy) is 1. The highest BCUT2D eigenvalue weighted by atomic mass is 32.2. The van der Waals surface area contributed by atoms with Crippen LogP contribution in [0.5, 0.6) is 5.75 Å². The topological polar surface area (TPSA) is 82.7 Å². The van der Waals surface area contributed by atoms with E-state index in [-0.39, 0.29) is 17.2 Å². The highest BCUT2D eigenvalue weighted by Gasteiger charge is 2.32. The van der Waals surface area contributed by atoms with Gasteiger partial charge in [0.2, 0.25) is 10.0 Å². The summed E-state index contributed by atoms with van der Waals surface area (Å²) < 4.78 is 33.3. The molecule has 0 radical (unpaired) electrons. The minimum absolute atomic E-state index is 0.0320. The van der Waals surface area contributed by atoms with Crippen molar-refractivity contribution in [2.45, 2.75) is 18.7 Å². The summed E-state index contributed by atoms with van der Waals surface area (Å²) >= 11 is 0. The molecule has 7 nitrogen and oxygen atoms in total. The van der Waals surface area contributed by atoms with E-state index < -0.39 is 10.0 Å². The molecule has 1 saturated heterocycles. The zero-order valence-corrected chi connectivity index (χ0v) is 18.8. The molecule has 0 aliphatic carbocycles. The molecule has 0 saturated carbocycles. The van der Waals surface area contributed by atoms with E-state index in [1.54, 1.807) is 18.3 Å². The second-order valence-corrected chi connectivity index (χ2v) is 9.85. The number of nitrogens with zero attached hydrogens (tertiary/aromatic N) is 2. The van der Waals surface area contributed by atoms with Crippen LogP contribution in [0.1, 0.15) is 21.5 Å². The van der Waals surface area contributed by atoms with Gasteiger partial charge in [0.1, 0.15) is 10.6 Å². The molecule has 0 spiro atoms. The lowest BCUT2D eigenvalue weighted by Gasteiger charge is -2.33. The number of hydrogen-bond acceptors (Lipinski definition) is 5. The molecule has 8 heteroatoms. The van der Waals surface area contributed by atoms with Gasteiger partial charge >= 0.3 is 0 Å². The second kappa shape index (κ2) is 8.45. The number of Topliss-reactive ketones (excluding diaryl/α,β-unsaturated/α-hetero) is 1. The number of carbonyl (C=O) groups is 1.